The Morgan fingerprint density at radius 3 is 2.88 bits per heavy atom. The van der Waals surface area contributed by atoms with Gasteiger partial charge in [-0.2, -0.15) is 5.10 Å². The second-order valence-electron chi connectivity index (χ2n) is 5.55. The van der Waals surface area contributed by atoms with E-state index in [1.54, 1.807) is 18.5 Å². The van der Waals surface area contributed by atoms with Crippen LogP contribution in [0, 0.1) is 0 Å². The molecule has 0 saturated heterocycles. The Balaban J connectivity index is 1.70. The number of aromatic amines is 2. The zero-order valence-corrected chi connectivity index (χ0v) is 12.8. The minimum atomic E-state index is 0.0928. The summed E-state index contributed by atoms with van der Waals surface area (Å²) in [5.74, 6) is 0.689. The zero-order valence-electron chi connectivity index (χ0n) is 12.8. The Morgan fingerprint density at radius 1 is 1.04 bits per heavy atom. The molecule has 8 heteroatoms. The molecule has 120 valence electrons. The predicted molar refractivity (Wildman–Crippen MR) is 91.7 cm³/mol. The fourth-order valence-corrected chi connectivity index (χ4v) is 2.75. The van der Waals surface area contributed by atoms with Crippen molar-refractivity contribution in [2.24, 2.45) is 0 Å². The van der Waals surface area contributed by atoms with Crippen molar-refractivity contribution < 1.29 is 5.11 Å². The van der Waals surface area contributed by atoms with Crippen LogP contribution in [0.1, 0.15) is 0 Å². The van der Waals surface area contributed by atoms with Crippen LogP contribution in [0.4, 0.5) is 0 Å². The second-order valence-corrected chi connectivity index (χ2v) is 5.55. The van der Waals surface area contributed by atoms with Crippen molar-refractivity contribution in [3.05, 3.63) is 48.9 Å². The molecule has 25 heavy (non-hydrogen) atoms. The van der Waals surface area contributed by atoms with E-state index in [1.807, 2.05) is 24.3 Å². The number of rotatable bonds is 2. The van der Waals surface area contributed by atoms with Crippen molar-refractivity contribution in [2.75, 3.05) is 0 Å². The largest absolute Gasteiger partial charge is 0.506 e. The molecule has 0 aromatic carbocycles. The van der Waals surface area contributed by atoms with Crippen LogP contribution < -0.4 is 0 Å². The lowest BCUT2D eigenvalue weighted by molar-refractivity contribution is 0.473. The lowest BCUT2D eigenvalue weighted by Crippen LogP contribution is -1.87. The van der Waals surface area contributed by atoms with Gasteiger partial charge in [0.2, 0.25) is 0 Å². The van der Waals surface area contributed by atoms with Gasteiger partial charge in [-0.25, -0.2) is 15.0 Å². The number of nitrogens with one attached hydrogen (secondary N) is 2. The van der Waals surface area contributed by atoms with Crippen LogP contribution in [0.5, 0.6) is 5.75 Å². The van der Waals surface area contributed by atoms with Gasteiger partial charge in [-0.15, -0.1) is 0 Å². The Morgan fingerprint density at radius 2 is 2.00 bits per heavy atom. The van der Waals surface area contributed by atoms with Crippen LogP contribution in [-0.2, 0) is 0 Å². The van der Waals surface area contributed by atoms with Crippen molar-refractivity contribution in [1.82, 2.24) is 35.1 Å². The maximum atomic E-state index is 9.63. The molecule has 5 heterocycles. The number of hydrogen-bond acceptors (Lipinski definition) is 6. The minimum Gasteiger partial charge on any atom is -0.506 e. The summed E-state index contributed by atoms with van der Waals surface area (Å²) in [6.45, 7) is 0. The van der Waals surface area contributed by atoms with Crippen LogP contribution in [-0.4, -0.2) is 40.2 Å². The highest BCUT2D eigenvalue weighted by molar-refractivity contribution is 5.90. The fraction of sp³-hybridized carbons (Fsp3) is 0. The third kappa shape index (κ3) is 2.19. The maximum Gasteiger partial charge on any atom is 0.162 e. The van der Waals surface area contributed by atoms with Gasteiger partial charge >= 0.3 is 0 Å². The summed E-state index contributed by atoms with van der Waals surface area (Å²) in [4.78, 5) is 20.6. The first-order valence-electron chi connectivity index (χ1n) is 7.58. The van der Waals surface area contributed by atoms with E-state index in [0.717, 1.165) is 16.6 Å². The molecule has 5 aromatic heterocycles. The van der Waals surface area contributed by atoms with Crippen molar-refractivity contribution in [2.45, 2.75) is 0 Å². The van der Waals surface area contributed by atoms with Crippen molar-refractivity contribution in [3.63, 3.8) is 0 Å². The number of imidazole rings is 1. The molecule has 0 spiro atoms. The van der Waals surface area contributed by atoms with Crippen LogP contribution in [0.3, 0.4) is 0 Å². The minimum absolute atomic E-state index is 0.0928. The van der Waals surface area contributed by atoms with Crippen LogP contribution in [0.15, 0.2) is 48.9 Å². The highest BCUT2D eigenvalue weighted by Crippen LogP contribution is 2.27. The average molecular weight is 329 g/mol. The van der Waals surface area contributed by atoms with Crippen molar-refractivity contribution in [1.29, 1.82) is 0 Å². The number of pyridine rings is 3. The van der Waals surface area contributed by atoms with E-state index < -0.39 is 0 Å². The predicted octanol–water partition coefficient (Wildman–Crippen LogP) is 2.66. The van der Waals surface area contributed by atoms with Crippen LogP contribution in [0.2, 0.25) is 0 Å². The molecule has 5 aromatic rings. The molecule has 0 radical (unpaired) electrons. The highest BCUT2D eigenvalue weighted by Gasteiger charge is 2.15. The first-order valence-corrected chi connectivity index (χ1v) is 7.58. The molecule has 8 nitrogen and oxygen atoms in total. The zero-order chi connectivity index (χ0) is 16.8. The number of aromatic nitrogens is 7. The molecule has 0 saturated carbocycles. The molecule has 0 aliphatic heterocycles. The van der Waals surface area contributed by atoms with E-state index >= 15 is 0 Å². The van der Waals surface area contributed by atoms with Crippen LogP contribution >= 0.6 is 0 Å². The molecule has 0 bridgehead atoms. The van der Waals surface area contributed by atoms with E-state index in [1.165, 1.54) is 6.20 Å². The van der Waals surface area contributed by atoms with Gasteiger partial charge < -0.3 is 10.1 Å². The normalized spacial score (nSPS) is 11.4. The molecule has 0 unspecified atom stereocenters. The molecule has 0 aliphatic rings. The Hall–Kier alpha value is -3.81. The number of aromatic hydroxyl groups is 1. The van der Waals surface area contributed by atoms with E-state index in [-0.39, 0.29) is 5.75 Å². The summed E-state index contributed by atoms with van der Waals surface area (Å²) in [5, 5.41) is 16.9. The third-order valence-electron chi connectivity index (χ3n) is 3.91. The number of hydrogen-bond donors (Lipinski definition) is 3. The highest BCUT2D eigenvalue weighted by atomic mass is 16.3. The number of H-pyrrole nitrogens is 2. The monoisotopic (exact) mass is 329 g/mol. The first kappa shape index (κ1) is 13.6. The Kier molecular flexibility index (Phi) is 2.78. The van der Waals surface area contributed by atoms with Gasteiger partial charge in [-0.05, 0) is 30.3 Å². The summed E-state index contributed by atoms with van der Waals surface area (Å²) >= 11 is 0. The Labute approximate surface area is 140 Å². The molecular formula is C17H11N7O. The summed E-state index contributed by atoms with van der Waals surface area (Å²) < 4.78 is 0. The third-order valence-corrected chi connectivity index (χ3v) is 3.91. The molecule has 5 rings (SSSR count). The van der Waals surface area contributed by atoms with E-state index in [0.29, 0.717) is 28.4 Å². The maximum absolute atomic E-state index is 9.63. The lowest BCUT2D eigenvalue weighted by Gasteiger charge is -2.01. The van der Waals surface area contributed by atoms with E-state index in [9.17, 15) is 5.11 Å². The second kappa shape index (κ2) is 5.10. The fourth-order valence-electron chi connectivity index (χ4n) is 2.75. The number of fused-ring (bicyclic) bond motifs is 2. The summed E-state index contributed by atoms with van der Waals surface area (Å²) in [5.41, 5.74) is 4.96. The summed E-state index contributed by atoms with van der Waals surface area (Å²) in [6, 6.07) is 9.07. The quantitative estimate of drug-likeness (QED) is 0.458. The van der Waals surface area contributed by atoms with Gasteiger partial charge in [0.05, 0.1) is 17.4 Å². The van der Waals surface area contributed by atoms with Crippen molar-refractivity contribution >= 4 is 22.2 Å². The van der Waals surface area contributed by atoms with Gasteiger partial charge in [-0.1, -0.05) is 0 Å². The molecule has 3 N–H and O–H groups in total. The molecule has 0 atom stereocenters. The molecular weight excluding hydrogens is 318 g/mol. The number of nitrogens with zero attached hydrogens (tertiary/aromatic N) is 5. The average Bonchev–Trinajstić information content (AvgIpc) is 3.24. The van der Waals surface area contributed by atoms with Crippen LogP contribution in [0.25, 0.3) is 45.0 Å². The van der Waals surface area contributed by atoms with E-state index in [4.69, 9.17) is 0 Å². The van der Waals surface area contributed by atoms with E-state index in [2.05, 4.69) is 35.1 Å². The summed E-state index contributed by atoms with van der Waals surface area (Å²) in [6.07, 6.45) is 4.74. The lowest BCUT2D eigenvalue weighted by atomic mass is 10.1. The SMILES string of the molecule is Oc1cncc(-c2ccc3[nH]nc(-c4nc5cccnc5[nH]4)c3n2)c1. The standard InChI is InChI=1S/C17H11N7O/c25-10-6-9(7-18-8-10)11-3-4-12-14(20-11)15(24-23-12)17-21-13-2-1-5-19-16(13)22-17/h1-8,25H,(H,23,24)(H,19,21,22). The smallest absolute Gasteiger partial charge is 0.162 e. The van der Waals surface area contributed by atoms with Gasteiger partial charge in [0, 0.05) is 18.0 Å². The van der Waals surface area contributed by atoms with Gasteiger partial charge in [0.15, 0.2) is 17.2 Å². The summed E-state index contributed by atoms with van der Waals surface area (Å²) in [7, 11) is 0. The Bertz CT molecular complexity index is 1190. The van der Waals surface area contributed by atoms with Gasteiger partial charge in [0.25, 0.3) is 0 Å². The molecule has 0 amide bonds. The van der Waals surface area contributed by atoms with Gasteiger partial charge in [-0.3, -0.25) is 10.1 Å². The van der Waals surface area contributed by atoms with Crippen molar-refractivity contribution in [3.8, 4) is 28.5 Å². The topological polar surface area (TPSA) is 116 Å². The van der Waals surface area contributed by atoms with Gasteiger partial charge in [0.1, 0.15) is 16.8 Å². The first-order chi connectivity index (χ1) is 12.3. The molecule has 0 aliphatic carbocycles. The molecule has 0 fully saturated rings.